The molecule has 0 radical (unpaired) electrons. The standard InChI is InChI=1S/C16H23FN2O/c17-15-11-13(3-5-19-6-8-20-9-7-19)10-14(12-15)16-2-1-4-18-16/h10-12,16,18H,1-9H2. The average molecular weight is 278 g/mol. The van der Waals surface area contributed by atoms with Crippen molar-refractivity contribution in [1.29, 1.82) is 0 Å². The Morgan fingerprint density at radius 3 is 2.85 bits per heavy atom. The number of rotatable bonds is 4. The smallest absolute Gasteiger partial charge is 0.123 e. The zero-order valence-corrected chi connectivity index (χ0v) is 11.9. The predicted molar refractivity (Wildman–Crippen MR) is 77.3 cm³/mol. The second-order valence-corrected chi connectivity index (χ2v) is 5.75. The Labute approximate surface area is 120 Å². The Bertz CT molecular complexity index is 440. The van der Waals surface area contributed by atoms with Crippen LogP contribution in [0.25, 0.3) is 0 Å². The van der Waals surface area contributed by atoms with Crippen molar-refractivity contribution in [2.45, 2.75) is 25.3 Å². The lowest BCUT2D eigenvalue weighted by Crippen LogP contribution is -2.37. The minimum atomic E-state index is -0.104. The first kappa shape index (κ1) is 14.0. The molecule has 0 amide bonds. The maximum Gasteiger partial charge on any atom is 0.123 e. The molecular formula is C16H23FN2O. The second kappa shape index (κ2) is 6.66. The fourth-order valence-corrected chi connectivity index (χ4v) is 3.10. The number of hydrogen-bond donors (Lipinski definition) is 1. The van der Waals surface area contributed by atoms with Crippen molar-refractivity contribution in [3.63, 3.8) is 0 Å². The van der Waals surface area contributed by atoms with Crippen molar-refractivity contribution in [2.24, 2.45) is 0 Å². The second-order valence-electron chi connectivity index (χ2n) is 5.75. The quantitative estimate of drug-likeness (QED) is 0.913. The van der Waals surface area contributed by atoms with Crippen LogP contribution in [0.3, 0.4) is 0 Å². The molecule has 3 nitrogen and oxygen atoms in total. The van der Waals surface area contributed by atoms with E-state index in [-0.39, 0.29) is 5.82 Å². The highest BCUT2D eigenvalue weighted by atomic mass is 19.1. The third-order valence-electron chi connectivity index (χ3n) is 4.26. The van der Waals surface area contributed by atoms with Crippen LogP contribution in [0.4, 0.5) is 4.39 Å². The lowest BCUT2D eigenvalue weighted by atomic mass is 10.0. The van der Waals surface area contributed by atoms with Gasteiger partial charge in [-0.1, -0.05) is 6.07 Å². The van der Waals surface area contributed by atoms with Gasteiger partial charge in [0.2, 0.25) is 0 Å². The maximum absolute atomic E-state index is 13.8. The van der Waals surface area contributed by atoms with E-state index in [2.05, 4.69) is 16.3 Å². The lowest BCUT2D eigenvalue weighted by Gasteiger charge is -2.26. The van der Waals surface area contributed by atoms with Gasteiger partial charge in [0.1, 0.15) is 5.82 Å². The predicted octanol–water partition coefficient (Wildman–Crippen LogP) is 2.12. The van der Waals surface area contributed by atoms with Gasteiger partial charge in [0.15, 0.2) is 0 Å². The molecule has 0 bridgehead atoms. The summed E-state index contributed by atoms with van der Waals surface area (Å²) in [7, 11) is 0. The SMILES string of the molecule is Fc1cc(CCN2CCOCC2)cc(C2CCCN2)c1. The number of hydrogen-bond acceptors (Lipinski definition) is 3. The van der Waals surface area contributed by atoms with E-state index < -0.39 is 0 Å². The van der Waals surface area contributed by atoms with Crippen molar-refractivity contribution in [3.8, 4) is 0 Å². The van der Waals surface area contributed by atoms with Crippen molar-refractivity contribution < 1.29 is 9.13 Å². The van der Waals surface area contributed by atoms with Gasteiger partial charge in [-0.05, 0) is 49.1 Å². The van der Waals surface area contributed by atoms with Crippen molar-refractivity contribution >= 4 is 0 Å². The Morgan fingerprint density at radius 1 is 1.25 bits per heavy atom. The van der Waals surface area contributed by atoms with Crippen LogP contribution in [0.1, 0.15) is 30.0 Å². The first-order chi connectivity index (χ1) is 9.81. The molecule has 1 aromatic rings. The van der Waals surface area contributed by atoms with Gasteiger partial charge in [0.05, 0.1) is 13.2 Å². The summed E-state index contributed by atoms with van der Waals surface area (Å²) in [4.78, 5) is 2.39. The van der Waals surface area contributed by atoms with Crippen LogP contribution in [0.2, 0.25) is 0 Å². The molecule has 1 atom stereocenters. The molecule has 20 heavy (non-hydrogen) atoms. The van der Waals surface area contributed by atoms with Crippen molar-refractivity contribution in [1.82, 2.24) is 10.2 Å². The highest BCUT2D eigenvalue weighted by Crippen LogP contribution is 2.25. The third kappa shape index (κ3) is 3.57. The number of nitrogens with one attached hydrogen (secondary N) is 1. The van der Waals surface area contributed by atoms with Gasteiger partial charge < -0.3 is 10.1 Å². The molecule has 2 aliphatic rings. The van der Waals surface area contributed by atoms with Gasteiger partial charge >= 0.3 is 0 Å². The van der Waals surface area contributed by atoms with Gasteiger partial charge in [-0.15, -0.1) is 0 Å². The topological polar surface area (TPSA) is 24.5 Å². The number of morpholine rings is 1. The minimum absolute atomic E-state index is 0.104. The maximum atomic E-state index is 13.8. The fraction of sp³-hybridized carbons (Fsp3) is 0.625. The molecule has 3 rings (SSSR count). The molecule has 0 aliphatic carbocycles. The molecule has 1 N–H and O–H groups in total. The van der Waals surface area contributed by atoms with Gasteiger partial charge in [-0.2, -0.15) is 0 Å². The molecule has 2 fully saturated rings. The average Bonchev–Trinajstić information content (AvgIpc) is 3.00. The number of nitrogens with zero attached hydrogens (tertiary/aromatic N) is 1. The molecule has 2 aliphatic heterocycles. The van der Waals surface area contributed by atoms with Crippen LogP contribution in [0.15, 0.2) is 18.2 Å². The number of halogens is 1. The minimum Gasteiger partial charge on any atom is -0.379 e. The molecule has 1 unspecified atom stereocenters. The monoisotopic (exact) mass is 278 g/mol. The van der Waals surface area contributed by atoms with Crippen LogP contribution >= 0.6 is 0 Å². The lowest BCUT2D eigenvalue weighted by molar-refractivity contribution is 0.0384. The summed E-state index contributed by atoms with van der Waals surface area (Å²) in [6, 6.07) is 5.87. The Morgan fingerprint density at radius 2 is 2.10 bits per heavy atom. The molecule has 0 saturated carbocycles. The van der Waals surface area contributed by atoms with Crippen molar-refractivity contribution in [2.75, 3.05) is 39.4 Å². The molecule has 2 saturated heterocycles. The normalized spacial score (nSPS) is 24.1. The summed E-state index contributed by atoms with van der Waals surface area (Å²) in [5.74, 6) is -0.104. The van der Waals surface area contributed by atoms with E-state index in [1.54, 1.807) is 12.1 Å². The molecule has 110 valence electrons. The summed E-state index contributed by atoms with van der Waals surface area (Å²) >= 11 is 0. The Hall–Kier alpha value is -0.970. The third-order valence-corrected chi connectivity index (χ3v) is 4.26. The summed E-state index contributed by atoms with van der Waals surface area (Å²) in [6.07, 6.45) is 3.22. The van der Waals surface area contributed by atoms with E-state index in [4.69, 9.17) is 4.74 Å². The Balaban J connectivity index is 1.63. The first-order valence-electron chi connectivity index (χ1n) is 7.64. The van der Waals surface area contributed by atoms with E-state index >= 15 is 0 Å². The van der Waals surface area contributed by atoms with Crippen LogP contribution in [0.5, 0.6) is 0 Å². The van der Waals surface area contributed by atoms with Gasteiger partial charge in [-0.3, -0.25) is 4.90 Å². The zero-order chi connectivity index (χ0) is 13.8. The summed E-state index contributed by atoms with van der Waals surface area (Å²) in [5, 5.41) is 3.44. The largest absolute Gasteiger partial charge is 0.379 e. The molecular weight excluding hydrogens is 255 g/mol. The van der Waals surface area contributed by atoms with Crippen LogP contribution in [0, 0.1) is 5.82 Å². The first-order valence-corrected chi connectivity index (χ1v) is 7.64. The number of benzene rings is 1. The van der Waals surface area contributed by atoms with Crippen LogP contribution in [-0.2, 0) is 11.2 Å². The van der Waals surface area contributed by atoms with Gasteiger partial charge in [0.25, 0.3) is 0 Å². The highest BCUT2D eigenvalue weighted by molar-refractivity contribution is 5.28. The Kier molecular flexibility index (Phi) is 4.65. The molecule has 0 spiro atoms. The zero-order valence-electron chi connectivity index (χ0n) is 11.9. The highest BCUT2D eigenvalue weighted by Gasteiger charge is 2.17. The van der Waals surface area contributed by atoms with E-state index in [1.165, 1.54) is 6.42 Å². The van der Waals surface area contributed by atoms with Crippen LogP contribution < -0.4 is 5.32 Å². The van der Waals surface area contributed by atoms with E-state index in [0.717, 1.165) is 63.4 Å². The van der Waals surface area contributed by atoms with E-state index in [9.17, 15) is 4.39 Å². The van der Waals surface area contributed by atoms with Gasteiger partial charge in [0, 0.05) is 25.7 Å². The summed E-state index contributed by atoms with van der Waals surface area (Å²) in [5.41, 5.74) is 2.22. The fourth-order valence-electron chi connectivity index (χ4n) is 3.10. The van der Waals surface area contributed by atoms with Gasteiger partial charge in [-0.25, -0.2) is 4.39 Å². The van der Waals surface area contributed by atoms with E-state index in [0.29, 0.717) is 6.04 Å². The number of ether oxygens (including phenoxy) is 1. The molecule has 2 heterocycles. The molecule has 0 aromatic heterocycles. The van der Waals surface area contributed by atoms with E-state index in [1.807, 2.05) is 0 Å². The molecule has 1 aromatic carbocycles. The van der Waals surface area contributed by atoms with Crippen molar-refractivity contribution in [3.05, 3.63) is 35.1 Å². The van der Waals surface area contributed by atoms with Crippen LogP contribution in [-0.4, -0.2) is 44.3 Å². The summed E-state index contributed by atoms with van der Waals surface area (Å²) in [6.45, 7) is 5.66. The summed E-state index contributed by atoms with van der Waals surface area (Å²) < 4.78 is 19.1. The molecule has 4 heteroatoms.